The van der Waals surface area contributed by atoms with Gasteiger partial charge in [0.25, 0.3) is 0 Å². The molecule has 0 saturated carbocycles. The van der Waals surface area contributed by atoms with Crippen molar-refractivity contribution >= 4 is 12.0 Å². The van der Waals surface area contributed by atoms with Gasteiger partial charge in [0.2, 0.25) is 0 Å². The summed E-state index contributed by atoms with van der Waals surface area (Å²) < 4.78 is 4.74. The SMILES string of the molecule is C=CC(=O)OCC(C)NC(=O)N(C)C. The van der Waals surface area contributed by atoms with E-state index in [2.05, 4.69) is 11.9 Å². The van der Waals surface area contributed by atoms with Gasteiger partial charge in [-0.15, -0.1) is 0 Å². The zero-order valence-corrected chi connectivity index (χ0v) is 8.74. The van der Waals surface area contributed by atoms with E-state index in [1.807, 2.05) is 0 Å². The second kappa shape index (κ2) is 6.01. The third kappa shape index (κ3) is 5.18. The molecule has 0 aromatic carbocycles. The molecule has 0 heterocycles. The van der Waals surface area contributed by atoms with Crippen LogP contribution < -0.4 is 5.32 Å². The minimum Gasteiger partial charge on any atom is -0.460 e. The standard InChI is InChI=1S/C9H16N2O3/c1-5-8(12)14-6-7(2)10-9(13)11(3)4/h5,7H,1,6H2,2-4H3,(H,10,13). The van der Waals surface area contributed by atoms with E-state index in [4.69, 9.17) is 4.74 Å². The molecule has 2 amide bonds. The number of ether oxygens (including phenoxy) is 1. The number of esters is 1. The van der Waals surface area contributed by atoms with Crippen LogP contribution in [0.2, 0.25) is 0 Å². The van der Waals surface area contributed by atoms with E-state index in [9.17, 15) is 9.59 Å². The third-order valence-corrected chi connectivity index (χ3v) is 1.42. The van der Waals surface area contributed by atoms with Gasteiger partial charge < -0.3 is 15.0 Å². The quantitative estimate of drug-likeness (QED) is 0.527. The van der Waals surface area contributed by atoms with Crippen molar-refractivity contribution in [2.75, 3.05) is 20.7 Å². The summed E-state index contributed by atoms with van der Waals surface area (Å²) in [5, 5.41) is 2.63. The lowest BCUT2D eigenvalue weighted by molar-refractivity contribution is -0.138. The maximum absolute atomic E-state index is 11.1. The topological polar surface area (TPSA) is 58.6 Å². The Morgan fingerprint density at radius 1 is 1.57 bits per heavy atom. The molecular weight excluding hydrogens is 184 g/mol. The third-order valence-electron chi connectivity index (χ3n) is 1.42. The number of nitrogens with one attached hydrogen (secondary N) is 1. The van der Waals surface area contributed by atoms with E-state index in [0.29, 0.717) is 0 Å². The Labute approximate surface area is 83.7 Å². The molecule has 0 aromatic rings. The number of rotatable bonds is 4. The molecule has 0 radical (unpaired) electrons. The number of nitrogens with zero attached hydrogens (tertiary/aromatic N) is 1. The summed E-state index contributed by atoms with van der Waals surface area (Å²) in [7, 11) is 3.27. The number of hydrogen-bond donors (Lipinski definition) is 1. The van der Waals surface area contributed by atoms with E-state index in [0.717, 1.165) is 6.08 Å². The van der Waals surface area contributed by atoms with Gasteiger partial charge in [-0.3, -0.25) is 0 Å². The molecule has 0 aliphatic rings. The Kier molecular flexibility index (Phi) is 5.36. The molecule has 0 aliphatic heterocycles. The Hall–Kier alpha value is -1.52. The molecule has 14 heavy (non-hydrogen) atoms. The van der Waals surface area contributed by atoms with Crippen molar-refractivity contribution in [3.63, 3.8) is 0 Å². The van der Waals surface area contributed by atoms with E-state index >= 15 is 0 Å². The molecule has 80 valence electrons. The van der Waals surface area contributed by atoms with Gasteiger partial charge in [-0.1, -0.05) is 6.58 Å². The van der Waals surface area contributed by atoms with Crippen LogP contribution in [-0.4, -0.2) is 43.6 Å². The maximum atomic E-state index is 11.1. The molecule has 0 aromatic heterocycles. The van der Waals surface area contributed by atoms with E-state index < -0.39 is 5.97 Å². The van der Waals surface area contributed by atoms with Crippen LogP contribution in [0.3, 0.4) is 0 Å². The lowest BCUT2D eigenvalue weighted by atomic mass is 10.4. The fraction of sp³-hybridized carbons (Fsp3) is 0.556. The van der Waals surface area contributed by atoms with Crippen LogP contribution in [0.4, 0.5) is 4.79 Å². The Balaban J connectivity index is 3.75. The Morgan fingerprint density at radius 3 is 2.57 bits per heavy atom. The first-order valence-corrected chi connectivity index (χ1v) is 4.24. The first-order valence-electron chi connectivity index (χ1n) is 4.24. The smallest absolute Gasteiger partial charge is 0.330 e. The van der Waals surface area contributed by atoms with Crippen molar-refractivity contribution in [2.24, 2.45) is 0 Å². The number of amides is 2. The van der Waals surface area contributed by atoms with Crippen LogP contribution in [0, 0.1) is 0 Å². The van der Waals surface area contributed by atoms with Gasteiger partial charge in [0.1, 0.15) is 6.61 Å². The summed E-state index contributed by atoms with van der Waals surface area (Å²) in [4.78, 5) is 23.2. The van der Waals surface area contributed by atoms with Gasteiger partial charge >= 0.3 is 12.0 Å². The highest BCUT2D eigenvalue weighted by molar-refractivity contribution is 5.81. The summed E-state index contributed by atoms with van der Waals surface area (Å²) in [5.41, 5.74) is 0. The predicted octanol–water partition coefficient (Wildman–Crippen LogP) is 0.375. The van der Waals surface area contributed by atoms with Gasteiger partial charge in [0, 0.05) is 20.2 Å². The van der Waals surface area contributed by atoms with Gasteiger partial charge in [0.15, 0.2) is 0 Å². The lowest BCUT2D eigenvalue weighted by Gasteiger charge is -2.17. The van der Waals surface area contributed by atoms with Crippen LogP contribution in [-0.2, 0) is 9.53 Å². The molecule has 5 heteroatoms. The molecule has 0 bridgehead atoms. The number of carbonyl (C=O) groups is 2. The van der Waals surface area contributed by atoms with Gasteiger partial charge in [-0.2, -0.15) is 0 Å². The molecule has 0 spiro atoms. The molecule has 1 atom stereocenters. The zero-order valence-electron chi connectivity index (χ0n) is 8.74. The van der Waals surface area contributed by atoms with Crippen LogP contribution in [0.5, 0.6) is 0 Å². The van der Waals surface area contributed by atoms with Crippen LogP contribution in [0.1, 0.15) is 6.92 Å². The Bertz CT molecular complexity index is 226. The largest absolute Gasteiger partial charge is 0.460 e. The highest BCUT2D eigenvalue weighted by Gasteiger charge is 2.09. The van der Waals surface area contributed by atoms with Crippen LogP contribution in [0.25, 0.3) is 0 Å². The predicted molar refractivity (Wildman–Crippen MR) is 52.8 cm³/mol. The summed E-state index contributed by atoms with van der Waals surface area (Å²) in [6.45, 7) is 5.15. The number of urea groups is 1. The molecule has 0 fully saturated rings. The number of hydrogen-bond acceptors (Lipinski definition) is 3. The van der Waals surface area contributed by atoms with Crippen LogP contribution in [0.15, 0.2) is 12.7 Å². The van der Waals surface area contributed by atoms with Crippen molar-refractivity contribution in [3.05, 3.63) is 12.7 Å². The molecular formula is C9H16N2O3. The second-order valence-corrected chi connectivity index (χ2v) is 3.08. The normalized spacial score (nSPS) is 11.4. The minimum atomic E-state index is -0.490. The minimum absolute atomic E-state index is 0.143. The molecule has 0 rings (SSSR count). The maximum Gasteiger partial charge on any atom is 0.330 e. The molecule has 0 saturated heterocycles. The highest BCUT2D eigenvalue weighted by atomic mass is 16.5. The lowest BCUT2D eigenvalue weighted by Crippen LogP contribution is -2.42. The van der Waals surface area contributed by atoms with Crippen molar-refractivity contribution in [2.45, 2.75) is 13.0 Å². The van der Waals surface area contributed by atoms with Crippen molar-refractivity contribution in [1.82, 2.24) is 10.2 Å². The van der Waals surface area contributed by atoms with Gasteiger partial charge in [0.05, 0.1) is 6.04 Å². The summed E-state index contributed by atoms with van der Waals surface area (Å²) in [5.74, 6) is -0.490. The molecule has 0 aliphatic carbocycles. The monoisotopic (exact) mass is 200 g/mol. The second-order valence-electron chi connectivity index (χ2n) is 3.08. The van der Waals surface area contributed by atoms with Gasteiger partial charge in [-0.25, -0.2) is 9.59 Å². The average molecular weight is 200 g/mol. The van der Waals surface area contributed by atoms with Crippen molar-refractivity contribution < 1.29 is 14.3 Å². The van der Waals surface area contributed by atoms with Crippen molar-refractivity contribution in [1.29, 1.82) is 0 Å². The van der Waals surface area contributed by atoms with Crippen molar-refractivity contribution in [3.8, 4) is 0 Å². The molecule has 5 nitrogen and oxygen atoms in total. The molecule has 1 N–H and O–H groups in total. The summed E-state index contributed by atoms with van der Waals surface area (Å²) >= 11 is 0. The Morgan fingerprint density at radius 2 is 2.14 bits per heavy atom. The fourth-order valence-corrected chi connectivity index (χ4v) is 0.648. The van der Waals surface area contributed by atoms with E-state index in [-0.39, 0.29) is 18.7 Å². The number of carbonyl (C=O) groups excluding carboxylic acids is 2. The van der Waals surface area contributed by atoms with E-state index in [1.165, 1.54) is 4.90 Å². The van der Waals surface area contributed by atoms with Crippen LogP contribution >= 0.6 is 0 Å². The fourth-order valence-electron chi connectivity index (χ4n) is 0.648. The summed E-state index contributed by atoms with van der Waals surface area (Å²) in [6, 6.07) is -0.430. The summed E-state index contributed by atoms with van der Waals surface area (Å²) in [6.07, 6.45) is 1.08. The highest BCUT2D eigenvalue weighted by Crippen LogP contribution is 1.88. The molecule has 1 unspecified atom stereocenters. The first kappa shape index (κ1) is 12.5. The average Bonchev–Trinajstić information content (AvgIpc) is 2.13. The zero-order chi connectivity index (χ0) is 11.1. The van der Waals surface area contributed by atoms with Gasteiger partial charge in [-0.05, 0) is 6.92 Å². The van der Waals surface area contributed by atoms with E-state index in [1.54, 1.807) is 21.0 Å². The first-order chi connectivity index (χ1) is 6.47.